The van der Waals surface area contributed by atoms with Crippen LogP contribution in [0.4, 0.5) is 0 Å². The van der Waals surface area contributed by atoms with Crippen LogP contribution in [-0.2, 0) is 4.79 Å². The van der Waals surface area contributed by atoms with Crippen LogP contribution in [-0.4, -0.2) is 35.7 Å². The Morgan fingerprint density at radius 2 is 1.75 bits per heavy atom. The van der Waals surface area contributed by atoms with Crippen LogP contribution >= 0.6 is 0 Å². The lowest BCUT2D eigenvalue weighted by Gasteiger charge is -2.32. The van der Waals surface area contributed by atoms with E-state index >= 15 is 0 Å². The van der Waals surface area contributed by atoms with E-state index in [2.05, 4.69) is 5.32 Å². The average molecular weight is 328 g/mol. The molecule has 0 saturated heterocycles. The Bertz CT molecular complexity index is 621. The molecular formula is C19H24N2O3. The Kier molecular flexibility index (Phi) is 4.97. The minimum absolute atomic E-state index is 0.0535. The van der Waals surface area contributed by atoms with Crippen LogP contribution in [0, 0.1) is 11.8 Å². The number of benzene rings is 1. The molecule has 0 spiro atoms. The number of carbonyl (C=O) groups excluding carboxylic acids is 3. The predicted octanol–water partition coefficient (Wildman–Crippen LogP) is 2.62. The summed E-state index contributed by atoms with van der Waals surface area (Å²) in [5.74, 6) is -0.437. The van der Waals surface area contributed by atoms with Crippen molar-refractivity contribution in [1.82, 2.24) is 10.2 Å². The van der Waals surface area contributed by atoms with E-state index in [1.54, 1.807) is 24.3 Å². The number of rotatable bonds is 5. The lowest BCUT2D eigenvalue weighted by Crippen LogP contribution is -2.43. The molecule has 2 aliphatic rings. The Morgan fingerprint density at radius 1 is 1.12 bits per heavy atom. The Hall–Kier alpha value is -2.17. The maximum absolute atomic E-state index is 12.5. The van der Waals surface area contributed by atoms with Gasteiger partial charge in [0.05, 0.1) is 11.1 Å². The van der Waals surface area contributed by atoms with Gasteiger partial charge in [0, 0.05) is 19.0 Å². The molecule has 24 heavy (non-hydrogen) atoms. The van der Waals surface area contributed by atoms with Crippen molar-refractivity contribution in [3.05, 3.63) is 35.4 Å². The predicted molar refractivity (Wildman–Crippen MR) is 90.6 cm³/mol. The first-order valence-electron chi connectivity index (χ1n) is 8.86. The molecule has 1 saturated carbocycles. The molecule has 1 fully saturated rings. The first-order chi connectivity index (χ1) is 11.6. The van der Waals surface area contributed by atoms with Crippen molar-refractivity contribution in [3.8, 4) is 0 Å². The normalized spacial score (nSPS) is 23.3. The zero-order valence-corrected chi connectivity index (χ0v) is 14.1. The first kappa shape index (κ1) is 16.7. The van der Waals surface area contributed by atoms with Gasteiger partial charge in [-0.25, -0.2) is 0 Å². The summed E-state index contributed by atoms with van der Waals surface area (Å²) in [6.45, 7) is 3.04. The second-order valence-electron chi connectivity index (χ2n) is 6.71. The number of fused-ring (bicyclic) bond motifs is 1. The molecule has 128 valence electrons. The average Bonchev–Trinajstić information content (AvgIpc) is 2.85. The molecule has 0 bridgehead atoms. The number of hydrogen-bond donors (Lipinski definition) is 1. The Morgan fingerprint density at radius 3 is 2.38 bits per heavy atom. The molecule has 1 aromatic carbocycles. The number of hydrogen-bond acceptors (Lipinski definition) is 3. The summed E-state index contributed by atoms with van der Waals surface area (Å²) in [6.07, 6.45) is 4.71. The monoisotopic (exact) mass is 328 g/mol. The van der Waals surface area contributed by atoms with Gasteiger partial charge in [0.2, 0.25) is 5.91 Å². The number of amides is 3. The molecule has 1 aliphatic carbocycles. The summed E-state index contributed by atoms with van der Waals surface area (Å²) in [5, 5.41) is 2.97. The lowest BCUT2D eigenvalue weighted by molar-refractivity contribution is -0.128. The van der Waals surface area contributed by atoms with E-state index in [0.717, 1.165) is 32.1 Å². The minimum Gasteiger partial charge on any atom is -0.356 e. The van der Waals surface area contributed by atoms with Gasteiger partial charge in [-0.1, -0.05) is 31.9 Å². The molecule has 0 aromatic heterocycles. The van der Waals surface area contributed by atoms with Crippen LogP contribution in [0.5, 0.6) is 0 Å². The van der Waals surface area contributed by atoms with E-state index in [1.807, 2.05) is 6.92 Å². The third-order valence-corrected chi connectivity index (χ3v) is 5.09. The van der Waals surface area contributed by atoms with Gasteiger partial charge < -0.3 is 5.32 Å². The summed E-state index contributed by atoms with van der Waals surface area (Å²) in [4.78, 5) is 38.8. The minimum atomic E-state index is -0.228. The summed E-state index contributed by atoms with van der Waals surface area (Å²) >= 11 is 0. The fraction of sp³-hybridized carbons (Fsp3) is 0.526. The van der Waals surface area contributed by atoms with Crippen LogP contribution in [0.2, 0.25) is 0 Å². The maximum Gasteiger partial charge on any atom is 0.261 e. The molecule has 2 unspecified atom stereocenters. The molecular weight excluding hydrogens is 304 g/mol. The van der Waals surface area contributed by atoms with Gasteiger partial charge in [0.25, 0.3) is 11.8 Å². The molecule has 0 radical (unpaired) electrons. The van der Waals surface area contributed by atoms with Crippen LogP contribution in [0.15, 0.2) is 24.3 Å². The highest BCUT2D eigenvalue weighted by Gasteiger charge is 2.39. The van der Waals surface area contributed by atoms with Crippen molar-refractivity contribution in [2.75, 3.05) is 13.1 Å². The van der Waals surface area contributed by atoms with Gasteiger partial charge in [0.15, 0.2) is 0 Å². The van der Waals surface area contributed by atoms with Gasteiger partial charge in [-0.05, 0) is 37.3 Å². The molecule has 5 heteroatoms. The number of imide groups is 1. The van der Waals surface area contributed by atoms with Crippen molar-refractivity contribution >= 4 is 17.7 Å². The van der Waals surface area contributed by atoms with E-state index < -0.39 is 0 Å². The van der Waals surface area contributed by atoms with Gasteiger partial charge >= 0.3 is 0 Å². The zero-order valence-electron chi connectivity index (χ0n) is 14.1. The van der Waals surface area contributed by atoms with Crippen LogP contribution < -0.4 is 5.32 Å². The van der Waals surface area contributed by atoms with Gasteiger partial charge in [-0.2, -0.15) is 0 Å². The van der Waals surface area contributed by atoms with Gasteiger partial charge in [0.1, 0.15) is 0 Å². The third-order valence-electron chi connectivity index (χ3n) is 5.09. The summed E-state index contributed by atoms with van der Waals surface area (Å²) in [7, 11) is 0. The van der Waals surface area contributed by atoms with E-state index in [9.17, 15) is 14.4 Å². The number of carbonyl (C=O) groups is 3. The van der Waals surface area contributed by atoms with Gasteiger partial charge in [-0.3, -0.25) is 19.3 Å². The molecule has 3 rings (SSSR count). The maximum atomic E-state index is 12.5. The summed E-state index contributed by atoms with van der Waals surface area (Å²) in [5.41, 5.74) is 0.954. The van der Waals surface area contributed by atoms with Crippen LogP contribution in [0.25, 0.3) is 0 Å². The topological polar surface area (TPSA) is 66.5 Å². The van der Waals surface area contributed by atoms with Crippen molar-refractivity contribution in [2.45, 2.75) is 39.0 Å². The third kappa shape index (κ3) is 3.07. The van der Waals surface area contributed by atoms with Crippen LogP contribution in [0.1, 0.15) is 59.7 Å². The fourth-order valence-electron chi connectivity index (χ4n) is 3.79. The van der Waals surface area contributed by atoms with Gasteiger partial charge in [-0.15, -0.1) is 0 Å². The highest BCUT2D eigenvalue weighted by atomic mass is 16.2. The molecule has 1 aromatic rings. The highest BCUT2D eigenvalue weighted by Crippen LogP contribution is 2.33. The Balaban J connectivity index is 1.73. The molecule has 1 aliphatic heterocycles. The van der Waals surface area contributed by atoms with Crippen molar-refractivity contribution < 1.29 is 14.4 Å². The largest absolute Gasteiger partial charge is 0.356 e. The van der Waals surface area contributed by atoms with E-state index in [1.165, 1.54) is 4.90 Å². The number of nitrogens with zero attached hydrogens (tertiary/aromatic N) is 1. The SMILES string of the molecule is CCCNC(=O)C1CCCCC1CN1C(=O)c2ccccc2C1=O. The van der Waals surface area contributed by atoms with Crippen molar-refractivity contribution in [1.29, 1.82) is 0 Å². The summed E-state index contributed by atoms with van der Waals surface area (Å²) < 4.78 is 0. The second kappa shape index (κ2) is 7.16. The molecule has 1 N–H and O–H groups in total. The fourth-order valence-corrected chi connectivity index (χ4v) is 3.79. The molecule has 1 heterocycles. The second-order valence-corrected chi connectivity index (χ2v) is 6.71. The van der Waals surface area contributed by atoms with Crippen LogP contribution in [0.3, 0.4) is 0 Å². The van der Waals surface area contributed by atoms with E-state index in [-0.39, 0.29) is 29.6 Å². The lowest BCUT2D eigenvalue weighted by atomic mass is 9.78. The molecule has 2 atom stereocenters. The highest BCUT2D eigenvalue weighted by molar-refractivity contribution is 6.21. The van der Waals surface area contributed by atoms with E-state index in [0.29, 0.717) is 24.2 Å². The Labute approximate surface area is 142 Å². The van der Waals surface area contributed by atoms with Crippen molar-refractivity contribution in [2.24, 2.45) is 11.8 Å². The first-order valence-corrected chi connectivity index (χ1v) is 8.86. The standard InChI is InChI=1S/C19H24N2O3/c1-2-11-20-17(22)14-8-4-3-7-13(14)12-21-18(23)15-9-5-6-10-16(15)19(21)24/h5-6,9-10,13-14H,2-4,7-8,11-12H2,1H3,(H,20,22). The number of nitrogens with one attached hydrogen (secondary N) is 1. The van der Waals surface area contributed by atoms with E-state index in [4.69, 9.17) is 0 Å². The smallest absolute Gasteiger partial charge is 0.261 e. The zero-order chi connectivity index (χ0) is 17.1. The molecule has 5 nitrogen and oxygen atoms in total. The summed E-state index contributed by atoms with van der Waals surface area (Å²) in [6, 6.07) is 6.94. The van der Waals surface area contributed by atoms with Crippen molar-refractivity contribution in [3.63, 3.8) is 0 Å². The quantitative estimate of drug-likeness (QED) is 0.845. The molecule has 3 amide bonds.